The first kappa shape index (κ1) is 18.5. The number of carbonyl (C=O) groups is 1. The van der Waals surface area contributed by atoms with E-state index in [0.717, 1.165) is 0 Å². The molecule has 0 saturated heterocycles. The Hall–Kier alpha value is -2.82. The van der Waals surface area contributed by atoms with E-state index in [1.165, 1.54) is 12.1 Å². The van der Waals surface area contributed by atoms with Gasteiger partial charge in [-0.3, -0.25) is 4.79 Å². The van der Waals surface area contributed by atoms with E-state index in [4.69, 9.17) is 32.7 Å². The Bertz CT molecular complexity index is 1110. The number of benzene rings is 3. The molecule has 0 spiro atoms. The number of Topliss-reactive ketones (excluding diaryl/α,β-unsaturated/α-hetero) is 1. The fraction of sp³-hybridized carbons (Fsp3) is 0.0455. The van der Waals surface area contributed by atoms with Gasteiger partial charge in [0, 0.05) is 16.1 Å². The number of carbonyl (C=O) groups excluding carboxylic acids is 1. The molecule has 0 bridgehead atoms. The highest BCUT2D eigenvalue weighted by molar-refractivity contribution is 6.35. The van der Waals surface area contributed by atoms with E-state index in [-0.39, 0.29) is 24.0 Å². The zero-order valence-electron chi connectivity index (χ0n) is 14.4. The van der Waals surface area contributed by atoms with Crippen LogP contribution in [0.1, 0.15) is 21.5 Å². The molecule has 3 aromatic rings. The van der Waals surface area contributed by atoms with Crippen LogP contribution < -0.4 is 9.47 Å². The Morgan fingerprint density at radius 3 is 2.68 bits per heavy atom. The lowest BCUT2D eigenvalue weighted by Crippen LogP contribution is -1.98. The van der Waals surface area contributed by atoms with Gasteiger partial charge in [-0.2, -0.15) is 0 Å². The molecule has 1 heterocycles. The van der Waals surface area contributed by atoms with Gasteiger partial charge in [-0.05, 0) is 53.6 Å². The molecule has 0 radical (unpaired) electrons. The molecule has 0 N–H and O–H groups in total. The zero-order chi connectivity index (χ0) is 19.7. The summed E-state index contributed by atoms with van der Waals surface area (Å²) >= 11 is 12.1. The second-order valence-electron chi connectivity index (χ2n) is 6.18. The van der Waals surface area contributed by atoms with Crippen LogP contribution in [0.2, 0.25) is 10.0 Å². The fourth-order valence-corrected chi connectivity index (χ4v) is 3.27. The van der Waals surface area contributed by atoms with Gasteiger partial charge >= 0.3 is 0 Å². The number of rotatable bonds is 4. The van der Waals surface area contributed by atoms with Crippen molar-refractivity contribution in [1.82, 2.24) is 0 Å². The molecular weight excluding hydrogens is 402 g/mol. The van der Waals surface area contributed by atoms with Crippen molar-refractivity contribution >= 4 is 35.1 Å². The highest BCUT2D eigenvalue weighted by Crippen LogP contribution is 2.36. The summed E-state index contributed by atoms with van der Waals surface area (Å²) in [5.74, 6) is 0.526. The van der Waals surface area contributed by atoms with Crippen LogP contribution in [0.4, 0.5) is 4.39 Å². The number of halogens is 3. The molecule has 140 valence electrons. The van der Waals surface area contributed by atoms with Crippen molar-refractivity contribution in [2.24, 2.45) is 0 Å². The topological polar surface area (TPSA) is 35.5 Å². The Labute approximate surface area is 170 Å². The maximum Gasteiger partial charge on any atom is 0.231 e. The van der Waals surface area contributed by atoms with Gasteiger partial charge in [0.2, 0.25) is 5.78 Å². The molecule has 4 rings (SSSR count). The minimum atomic E-state index is -0.320. The molecule has 0 aromatic heterocycles. The molecule has 1 aliphatic rings. The van der Waals surface area contributed by atoms with Gasteiger partial charge in [0.25, 0.3) is 0 Å². The van der Waals surface area contributed by atoms with Crippen molar-refractivity contribution in [3.63, 3.8) is 0 Å². The average Bonchev–Trinajstić information content (AvgIpc) is 2.97. The number of allylic oxidation sites excluding steroid dienone is 1. The molecule has 6 heteroatoms. The van der Waals surface area contributed by atoms with Gasteiger partial charge in [0.15, 0.2) is 5.76 Å². The standard InChI is InChI=1S/C22H13Cl2FO3/c23-15-5-4-14(19(24)10-15)9-21-22(26)18-7-6-17(11-20(18)28-21)27-12-13-2-1-3-16(25)8-13/h1-11H,12H2/b21-9-. The molecule has 0 fully saturated rings. The molecule has 0 atom stereocenters. The van der Waals surface area contributed by atoms with E-state index in [2.05, 4.69) is 0 Å². The van der Waals surface area contributed by atoms with Gasteiger partial charge in [-0.1, -0.05) is 41.4 Å². The van der Waals surface area contributed by atoms with Crippen LogP contribution >= 0.6 is 23.2 Å². The highest BCUT2D eigenvalue weighted by atomic mass is 35.5. The summed E-state index contributed by atoms with van der Waals surface area (Å²) < 4.78 is 24.6. The summed E-state index contributed by atoms with van der Waals surface area (Å²) in [5, 5.41) is 0.931. The van der Waals surface area contributed by atoms with Gasteiger partial charge in [-0.25, -0.2) is 4.39 Å². The van der Waals surface area contributed by atoms with Crippen molar-refractivity contribution in [2.75, 3.05) is 0 Å². The van der Waals surface area contributed by atoms with E-state index in [0.29, 0.717) is 38.2 Å². The normalized spacial score (nSPS) is 14.1. The lowest BCUT2D eigenvalue weighted by Gasteiger charge is -2.07. The van der Waals surface area contributed by atoms with Crippen LogP contribution in [-0.4, -0.2) is 5.78 Å². The lowest BCUT2D eigenvalue weighted by atomic mass is 10.1. The van der Waals surface area contributed by atoms with E-state index >= 15 is 0 Å². The number of ether oxygens (including phenoxy) is 2. The summed E-state index contributed by atoms with van der Waals surface area (Å²) in [4.78, 5) is 12.6. The first-order valence-corrected chi connectivity index (χ1v) is 9.16. The first-order chi connectivity index (χ1) is 13.5. The summed E-state index contributed by atoms with van der Waals surface area (Å²) in [6.45, 7) is 0.202. The molecule has 1 aliphatic heterocycles. The fourth-order valence-electron chi connectivity index (χ4n) is 2.81. The maximum absolute atomic E-state index is 13.3. The highest BCUT2D eigenvalue weighted by Gasteiger charge is 2.28. The average molecular weight is 415 g/mol. The Kier molecular flexibility index (Phi) is 5.07. The summed E-state index contributed by atoms with van der Waals surface area (Å²) in [6, 6.07) is 16.1. The first-order valence-electron chi connectivity index (χ1n) is 8.40. The smallest absolute Gasteiger partial charge is 0.231 e. The maximum atomic E-state index is 13.3. The molecule has 0 amide bonds. The van der Waals surface area contributed by atoms with Gasteiger partial charge in [-0.15, -0.1) is 0 Å². The molecule has 3 aromatic carbocycles. The van der Waals surface area contributed by atoms with Crippen LogP contribution in [0.15, 0.2) is 66.4 Å². The minimum absolute atomic E-state index is 0.168. The molecule has 0 aliphatic carbocycles. The second kappa shape index (κ2) is 7.66. The van der Waals surface area contributed by atoms with Crippen LogP contribution in [0.25, 0.3) is 6.08 Å². The molecule has 28 heavy (non-hydrogen) atoms. The van der Waals surface area contributed by atoms with Crippen molar-refractivity contribution in [1.29, 1.82) is 0 Å². The van der Waals surface area contributed by atoms with Gasteiger partial charge in [0.1, 0.15) is 23.9 Å². The molecule has 3 nitrogen and oxygen atoms in total. The van der Waals surface area contributed by atoms with E-state index in [1.807, 2.05) is 0 Å². The predicted octanol–water partition coefficient (Wildman–Crippen LogP) is 6.33. The Morgan fingerprint density at radius 2 is 1.89 bits per heavy atom. The largest absolute Gasteiger partial charge is 0.489 e. The van der Waals surface area contributed by atoms with Crippen molar-refractivity contribution in [2.45, 2.75) is 6.61 Å². The molecule has 0 unspecified atom stereocenters. The quantitative estimate of drug-likeness (QED) is 0.468. The van der Waals surface area contributed by atoms with Crippen molar-refractivity contribution in [3.8, 4) is 11.5 Å². The van der Waals surface area contributed by atoms with Gasteiger partial charge in [0.05, 0.1) is 5.56 Å². The summed E-state index contributed by atoms with van der Waals surface area (Å²) in [7, 11) is 0. The van der Waals surface area contributed by atoms with Crippen LogP contribution in [0.5, 0.6) is 11.5 Å². The molecular formula is C22H13Cl2FO3. The monoisotopic (exact) mass is 414 g/mol. The van der Waals surface area contributed by atoms with Crippen LogP contribution in [0.3, 0.4) is 0 Å². The SMILES string of the molecule is O=C1/C(=C/c2ccc(Cl)cc2Cl)Oc2cc(OCc3cccc(F)c3)ccc21. The van der Waals surface area contributed by atoms with E-state index < -0.39 is 0 Å². The van der Waals surface area contributed by atoms with Crippen molar-refractivity contribution in [3.05, 3.63) is 99.0 Å². The molecule has 0 saturated carbocycles. The Morgan fingerprint density at radius 1 is 1.04 bits per heavy atom. The van der Waals surface area contributed by atoms with E-state index in [1.54, 1.807) is 54.6 Å². The predicted molar refractivity (Wildman–Crippen MR) is 107 cm³/mol. The van der Waals surface area contributed by atoms with E-state index in [9.17, 15) is 9.18 Å². The number of hydrogen-bond acceptors (Lipinski definition) is 3. The van der Waals surface area contributed by atoms with Crippen LogP contribution in [-0.2, 0) is 6.61 Å². The Balaban J connectivity index is 1.53. The zero-order valence-corrected chi connectivity index (χ0v) is 15.9. The second-order valence-corrected chi connectivity index (χ2v) is 7.03. The lowest BCUT2D eigenvalue weighted by molar-refractivity contribution is 0.101. The van der Waals surface area contributed by atoms with Crippen molar-refractivity contribution < 1.29 is 18.7 Å². The minimum Gasteiger partial charge on any atom is -0.489 e. The summed E-state index contributed by atoms with van der Waals surface area (Å²) in [5.41, 5.74) is 1.77. The third-order valence-electron chi connectivity index (χ3n) is 4.19. The van der Waals surface area contributed by atoms with Gasteiger partial charge < -0.3 is 9.47 Å². The number of hydrogen-bond donors (Lipinski definition) is 0. The third kappa shape index (κ3) is 3.88. The summed E-state index contributed by atoms with van der Waals surface area (Å²) in [6.07, 6.45) is 1.58. The van der Waals surface area contributed by atoms with Crippen LogP contribution in [0, 0.1) is 5.82 Å². The number of fused-ring (bicyclic) bond motifs is 1. The number of ketones is 1. The third-order valence-corrected chi connectivity index (χ3v) is 4.75.